The van der Waals surface area contributed by atoms with Crippen LogP contribution in [0.2, 0.25) is 0 Å². The summed E-state index contributed by atoms with van der Waals surface area (Å²) in [5, 5.41) is 10.8. The van der Waals surface area contributed by atoms with Crippen molar-refractivity contribution < 1.29 is 9.66 Å². The number of aromatic nitrogens is 2. The van der Waals surface area contributed by atoms with Gasteiger partial charge in [-0.25, -0.2) is 9.55 Å². The predicted molar refractivity (Wildman–Crippen MR) is 57.2 cm³/mol. The van der Waals surface area contributed by atoms with Crippen LogP contribution in [0.4, 0.5) is 5.82 Å². The third-order valence-corrected chi connectivity index (χ3v) is 2.90. The lowest BCUT2D eigenvalue weighted by atomic mass is 9.96. The van der Waals surface area contributed by atoms with Crippen molar-refractivity contribution in [2.24, 2.45) is 0 Å². The quantitative estimate of drug-likeness (QED) is 0.564. The molecule has 6 nitrogen and oxygen atoms in total. The summed E-state index contributed by atoms with van der Waals surface area (Å²) in [7, 11) is 0. The Morgan fingerprint density at radius 1 is 1.69 bits per heavy atom. The van der Waals surface area contributed by atoms with Crippen LogP contribution in [0.3, 0.4) is 0 Å². The first kappa shape index (κ1) is 11.1. The van der Waals surface area contributed by atoms with Crippen molar-refractivity contribution in [3.8, 4) is 0 Å². The van der Waals surface area contributed by atoms with Crippen molar-refractivity contribution in [1.82, 2.24) is 9.55 Å². The molecule has 0 spiro atoms. The summed E-state index contributed by atoms with van der Waals surface area (Å²) < 4.78 is 7.09. The molecule has 1 aromatic rings. The summed E-state index contributed by atoms with van der Waals surface area (Å²) in [6, 6.07) is 0. The number of aryl methyl sites for hydroxylation is 1. The zero-order chi connectivity index (χ0) is 11.5. The molecule has 0 bridgehead atoms. The monoisotopic (exact) mass is 225 g/mol. The van der Waals surface area contributed by atoms with Crippen molar-refractivity contribution >= 4 is 5.82 Å². The standard InChI is InChI=1S/C10H15N3O3/c1-8-10(13(14)15)12(7-11-8)5-6-16-9-3-2-4-9/h7,9H,2-6H2,1H3. The van der Waals surface area contributed by atoms with Crippen molar-refractivity contribution in [2.75, 3.05) is 6.61 Å². The zero-order valence-corrected chi connectivity index (χ0v) is 9.26. The van der Waals surface area contributed by atoms with Crippen molar-refractivity contribution in [3.63, 3.8) is 0 Å². The topological polar surface area (TPSA) is 70.2 Å². The first-order chi connectivity index (χ1) is 7.68. The summed E-state index contributed by atoms with van der Waals surface area (Å²) in [6.45, 7) is 2.65. The van der Waals surface area contributed by atoms with E-state index in [9.17, 15) is 10.1 Å². The SMILES string of the molecule is Cc1ncn(CCOC2CCC2)c1[N+](=O)[O-]. The Bertz CT molecular complexity index is 385. The Kier molecular flexibility index (Phi) is 3.19. The van der Waals surface area contributed by atoms with Gasteiger partial charge in [-0.3, -0.25) is 0 Å². The first-order valence-corrected chi connectivity index (χ1v) is 5.46. The van der Waals surface area contributed by atoms with E-state index in [2.05, 4.69) is 4.98 Å². The number of imidazole rings is 1. The molecule has 1 aliphatic rings. The number of hydrogen-bond acceptors (Lipinski definition) is 4. The van der Waals surface area contributed by atoms with Crippen LogP contribution in [0.1, 0.15) is 25.0 Å². The maximum absolute atomic E-state index is 10.8. The van der Waals surface area contributed by atoms with E-state index in [4.69, 9.17) is 4.74 Å². The normalized spacial score (nSPS) is 16.1. The van der Waals surface area contributed by atoms with Gasteiger partial charge in [0, 0.05) is 0 Å². The fourth-order valence-electron chi connectivity index (χ4n) is 1.73. The summed E-state index contributed by atoms with van der Waals surface area (Å²) >= 11 is 0. The highest BCUT2D eigenvalue weighted by atomic mass is 16.6. The number of rotatable bonds is 5. The number of nitrogens with zero attached hydrogens (tertiary/aromatic N) is 3. The second-order valence-electron chi connectivity index (χ2n) is 4.03. The third kappa shape index (κ3) is 2.21. The van der Waals surface area contributed by atoms with Crippen LogP contribution >= 0.6 is 0 Å². The number of hydrogen-bond donors (Lipinski definition) is 0. The molecule has 1 fully saturated rings. The smallest absolute Gasteiger partial charge is 0.345 e. The van der Waals surface area contributed by atoms with Gasteiger partial charge in [-0.1, -0.05) is 0 Å². The first-order valence-electron chi connectivity index (χ1n) is 5.46. The second kappa shape index (κ2) is 4.61. The summed E-state index contributed by atoms with van der Waals surface area (Å²) in [5.41, 5.74) is 0.452. The molecule has 6 heteroatoms. The van der Waals surface area contributed by atoms with Crippen molar-refractivity contribution in [2.45, 2.75) is 38.8 Å². The van der Waals surface area contributed by atoms with Crippen molar-refractivity contribution in [1.29, 1.82) is 0 Å². The Morgan fingerprint density at radius 3 is 3.00 bits per heavy atom. The zero-order valence-electron chi connectivity index (χ0n) is 9.26. The highest BCUT2D eigenvalue weighted by Gasteiger charge is 2.20. The van der Waals surface area contributed by atoms with Gasteiger partial charge >= 0.3 is 5.82 Å². The summed E-state index contributed by atoms with van der Waals surface area (Å²) in [5.74, 6) is 0.0669. The van der Waals surface area contributed by atoms with Gasteiger partial charge in [-0.15, -0.1) is 0 Å². The summed E-state index contributed by atoms with van der Waals surface area (Å²) in [4.78, 5) is 14.3. The molecular weight excluding hydrogens is 210 g/mol. The lowest BCUT2D eigenvalue weighted by Crippen LogP contribution is -2.23. The molecule has 1 aliphatic carbocycles. The van der Waals surface area contributed by atoms with Gasteiger partial charge in [0.1, 0.15) is 12.2 Å². The molecule has 0 radical (unpaired) electrons. The highest BCUT2D eigenvalue weighted by Crippen LogP contribution is 2.22. The lowest BCUT2D eigenvalue weighted by Gasteiger charge is -2.25. The summed E-state index contributed by atoms with van der Waals surface area (Å²) in [6.07, 6.45) is 5.33. The minimum Gasteiger partial charge on any atom is -0.374 e. The van der Waals surface area contributed by atoms with E-state index in [1.165, 1.54) is 17.3 Å². The maximum Gasteiger partial charge on any atom is 0.345 e. The largest absolute Gasteiger partial charge is 0.374 e. The average molecular weight is 225 g/mol. The van der Waals surface area contributed by atoms with Crippen LogP contribution in [0.5, 0.6) is 0 Å². The van der Waals surface area contributed by atoms with Crippen molar-refractivity contribution in [3.05, 3.63) is 22.1 Å². The Morgan fingerprint density at radius 2 is 2.44 bits per heavy atom. The molecule has 1 aromatic heterocycles. The molecule has 1 saturated carbocycles. The molecule has 0 saturated heterocycles. The molecule has 1 heterocycles. The van der Waals surface area contributed by atoms with Crippen LogP contribution < -0.4 is 0 Å². The van der Waals surface area contributed by atoms with Gasteiger partial charge in [0.15, 0.2) is 6.33 Å². The van der Waals surface area contributed by atoms with Crippen LogP contribution in [0.25, 0.3) is 0 Å². The van der Waals surface area contributed by atoms with Gasteiger partial charge in [0.25, 0.3) is 0 Å². The minimum atomic E-state index is -0.397. The third-order valence-electron chi connectivity index (χ3n) is 2.90. The fourth-order valence-corrected chi connectivity index (χ4v) is 1.73. The minimum absolute atomic E-state index is 0.0669. The van der Waals surface area contributed by atoms with E-state index < -0.39 is 4.92 Å². The predicted octanol–water partition coefficient (Wildman–Crippen LogP) is 1.67. The Balaban J connectivity index is 1.90. The maximum atomic E-state index is 10.8. The van der Waals surface area contributed by atoms with Crippen LogP contribution in [-0.2, 0) is 11.3 Å². The molecular formula is C10H15N3O3. The average Bonchev–Trinajstić information content (AvgIpc) is 2.51. The second-order valence-corrected chi connectivity index (χ2v) is 4.03. The van der Waals surface area contributed by atoms with E-state index >= 15 is 0 Å². The number of nitro groups is 1. The Labute approximate surface area is 93.4 Å². The van der Waals surface area contributed by atoms with Crippen LogP contribution in [0, 0.1) is 17.0 Å². The molecule has 0 atom stereocenters. The van der Waals surface area contributed by atoms with E-state index in [0.29, 0.717) is 24.9 Å². The molecule has 16 heavy (non-hydrogen) atoms. The molecule has 2 rings (SSSR count). The molecule has 0 aliphatic heterocycles. The van der Waals surface area contributed by atoms with Gasteiger partial charge < -0.3 is 14.9 Å². The van der Waals surface area contributed by atoms with Gasteiger partial charge in [0.2, 0.25) is 0 Å². The fraction of sp³-hybridized carbons (Fsp3) is 0.700. The van der Waals surface area contributed by atoms with E-state index in [1.54, 1.807) is 6.92 Å². The Hall–Kier alpha value is -1.43. The van der Waals surface area contributed by atoms with Gasteiger partial charge in [0.05, 0.1) is 12.7 Å². The lowest BCUT2D eigenvalue weighted by molar-refractivity contribution is -0.392. The van der Waals surface area contributed by atoms with E-state index in [-0.39, 0.29) is 5.82 Å². The van der Waals surface area contributed by atoms with Gasteiger partial charge in [-0.05, 0) is 31.1 Å². The molecule has 0 N–H and O–H groups in total. The highest BCUT2D eigenvalue weighted by molar-refractivity contribution is 5.26. The number of ether oxygens (including phenoxy) is 1. The molecule has 88 valence electrons. The van der Waals surface area contributed by atoms with Crippen LogP contribution in [0.15, 0.2) is 6.33 Å². The van der Waals surface area contributed by atoms with Gasteiger partial charge in [-0.2, -0.15) is 0 Å². The van der Waals surface area contributed by atoms with E-state index in [1.807, 2.05) is 0 Å². The van der Waals surface area contributed by atoms with E-state index in [0.717, 1.165) is 12.8 Å². The molecule has 0 unspecified atom stereocenters. The van der Waals surface area contributed by atoms with Crippen LogP contribution in [-0.4, -0.2) is 27.2 Å². The molecule has 0 aromatic carbocycles. The molecule has 0 amide bonds.